The number of rotatable bonds is 2. The molecule has 0 heterocycles. The van der Waals surface area contributed by atoms with Gasteiger partial charge in [0.1, 0.15) is 5.82 Å². The molecule has 0 radical (unpaired) electrons. The van der Waals surface area contributed by atoms with Crippen molar-refractivity contribution in [3.05, 3.63) is 64.4 Å². The number of anilines is 1. The van der Waals surface area contributed by atoms with Gasteiger partial charge in [0.25, 0.3) is 5.91 Å². The van der Waals surface area contributed by atoms with Crippen molar-refractivity contribution in [2.75, 3.05) is 5.32 Å². The van der Waals surface area contributed by atoms with Crippen molar-refractivity contribution < 1.29 is 9.18 Å². The van der Waals surface area contributed by atoms with Crippen molar-refractivity contribution in [3.63, 3.8) is 0 Å². The maximum atomic E-state index is 12.8. The van der Waals surface area contributed by atoms with Gasteiger partial charge in [-0.1, -0.05) is 15.9 Å². The van der Waals surface area contributed by atoms with Crippen LogP contribution in [-0.2, 0) is 0 Å². The van der Waals surface area contributed by atoms with Gasteiger partial charge in [0, 0.05) is 15.7 Å². The Balaban J connectivity index is 1.84. The maximum absolute atomic E-state index is 12.8. The molecule has 0 bridgehead atoms. The normalized spacial score (nSPS) is 9.81. The highest BCUT2D eigenvalue weighted by Gasteiger charge is 2.05. The monoisotopic (exact) mass is 367 g/mol. The molecule has 0 aliphatic rings. The van der Waals surface area contributed by atoms with E-state index >= 15 is 0 Å². The minimum absolute atomic E-state index is 0.201. The Morgan fingerprint density at radius 3 is 2.24 bits per heavy atom. The number of hydrazine groups is 1. The lowest BCUT2D eigenvalue weighted by atomic mass is 10.2. The van der Waals surface area contributed by atoms with Gasteiger partial charge in [-0.05, 0) is 60.7 Å². The molecule has 7 heteroatoms. The molecular formula is C14H11BrFN3OS. The molecule has 3 N–H and O–H groups in total. The Bertz CT molecular complexity index is 646. The van der Waals surface area contributed by atoms with Gasteiger partial charge in [0.15, 0.2) is 5.11 Å². The number of hydrogen-bond acceptors (Lipinski definition) is 2. The van der Waals surface area contributed by atoms with Gasteiger partial charge in [-0.3, -0.25) is 15.6 Å². The van der Waals surface area contributed by atoms with Crippen LogP contribution in [0.25, 0.3) is 0 Å². The van der Waals surface area contributed by atoms with Crippen LogP contribution < -0.4 is 16.2 Å². The molecule has 1 amide bonds. The summed E-state index contributed by atoms with van der Waals surface area (Å²) >= 11 is 8.31. The third-order valence-electron chi connectivity index (χ3n) is 2.50. The first kappa shape index (κ1) is 15.4. The molecule has 0 saturated heterocycles. The fourth-order valence-corrected chi connectivity index (χ4v) is 1.92. The molecule has 0 saturated carbocycles. The van der Waals surface area contributed by atoms with Crippen LogP contribution in [0.3, 0.4) is 0 Å². The van der Waals surface area contributed by atoms with Crippen molar-refractivity contribution in [1.82, 2.24) is 10.9 Å². The largest absolute Gasteiger partial charge is 0.331 e. The zero-order valence-corrected chi connectivity index (χ0v) is 13.1. The van der Waals surface area contributed by atoms with Crippen LogP contribution in [0.15, 0.2) is 53.0 Å². The van der Waals surface area contributed by atoms with Crippen LogP contribution in [0.5, 0.6) is 0 Å². The van der Waals surface area contributed by atoms with Crippen molar-refractivity contribution in [3.8, 4) is 0 Å². The zero-order valence-electron chi connectivity index (χ0n) is 10.7. The van der Waals surface area contributed by atoms with E-state index in [-0.39, 0.29) is 16.8 Å². The van der Waals surface area contributed by atoms with Crippen LogP contribution in [0.4, 0.5) is 10.1 Å². The summed E-state index contributed by atoms with van der Waals surface area (Å²) in [6.07, 6.45) is 0. The van der Waals surface area contributed by atoms with Gasteiger partial charge in [-0.2, -0.15) is 0 Å². The van der Waals surface area contributed by atoms with E-state index in [2.05, 4.69) is 32.1 Å². The summed E-state index contributed by atoms with van der Waals surface area (Å²) in [5.41, 5.74) is 6.15. The molecule has 108 valence electrons. The smallest absolute Gasteiger partial charge is 0.269 e. The number of benzene rings is 2. The predicted octanol–water partition coefficient (Wildman–Crippen LogP) is 3.22. The first-order valence-corrected chi connectivity index (χ1v) is 7.13. The lowest BCUT2D eigenvalue weighted by Crippen LogP contribution is -2.43. The van der Waals surface area contributed by atoms with Gasteiger partial charge >= 0.3 is 0 Å². The van der Waals surface area contributed by atoms with Crippen LogP contribution in [0.1, 0.15) is 10.4 Å². The predicted molar refractivity (Wildman–Crippen MR) is 87.4 cm³/mol. The maximum Gasteiger partial charge on any atom is 0.269 e. The number of carbonyl (C=O) groups excluding carboxylic acids is 1. The highest BCUT2D eigenvalue weighted by atomic mass is 79.9. The highest BCUT2D eigenvalue weighted by molar-refractivity contribution is 9.10. The Kier molecular flexibility index (Phi) is 5.24. The van der Waals surface area contributed by atoms with Crippen molar-refractivity contribution in [1.29, 1.82) is 0 Å². The molecule has 21 heavy (non-hydrogen) atoms. The quantitative estimate of drug-likeness (QED) is 0.563. The second kappa shape index (κ2) is 7.14. The minimum Gasteiger partial charge on any atom is -0.331 e. The molecule has 0 fully saturated rings. The summed E-state index contributed by atoms with van der Waals surface area (Å²) in [5.74, 6) is -0.645. The van der Waals surface area contributed by atoms with E-state index in [9.17, 15) is 9.18 Å². The van der Waals surface area contributed by atoms with Gasteiger partial charge in [-0.15, -0.1) is 0 Å². The van der Waals surface area contributed by atoms with E-state index in [0.717, 1.165) is 4.47 Å². The van der Waals surface area contributed by atoms with E-state index in [0.29, 0.717) is 11.3 Å². The summed E-state index contributed by atoms with van der Waals surface area (Å²) in [5, 5.41) is 3.02. The molecule has 2 aromatic carbocycles. The third-order valence-corrected chi connectivity index (χ3v) is 3.23. The van der Waals surface area contributed by atoms with Crippen molar-refractivity contribution in [2.45, 2.75) is 0 Å². The zero-order chi connectivity index (χ0) is 15.2. The third kappa shape index (κ3) is 4.80. The topological polar surface area (TPSA) is 53.2 Å². The standard InChI is InChI=1S/C14H11BrFN3OS/c15-10-3-1-9(2-4-10)13(20)18-19-14(21)17-12-7-5-11(16)6-8-12/h1-8H,(H,18,20)(H2,17,19,21). The molecule has 0 spiro atoms. The first-order chi connectivity index (χ1) is 10.0. The average Bonchev–Trinajstić information content (AvgIpc) is 2.48. The highest BCUT2D eigenvalue weighted by Crippen LogP contribution is 2.10. The fraction of sp³-hybridized carbons (Fsp3) is 0. The molecule has 2 aromatic rings. The van der Waals surface area contributed by atoms with Crippen LogP contribution >= 0.6 is 28.1 Å². The van der Waals surface area contributed by atoms with Crippen molar-refractivity contribution in [2.24, 2.45) is 0 Å². The summed E-state index contributed by atoms with van der Waals surface area (Å²) < 4.78 is 13.6. The van der Waals surface area contributed by atoms with Gasteiger partial charge in [0.05, 0.1) is 0 Å². The van der Waals surface area contributed by atoms with Crippen LogP contribution in [-0.4, -0.2) is 11.0 Å². The SMILES string of the molecule is O=C(NNC(=S)Nc1ccc(F)cc1)c1ccc(Br)cc1. The Morgan fingerprint density at radius 1 is 1.00 bits per heavy atom. The number of thiocarbonyl (C=S) groups is 1. The lowest BCUT2D eigenvalue weighted by Gasteiger charge is -2.11. The Hall–Kier alpha value is -1.99. The summed E-state index contributed by atoms with van der Waals surface area (Å²) in [4.78, 5) is 11.8. The molecule has 0 aliphatic carbocycles. The molecule has 0 unspecified atom stereocenters. The first-order valence-electron chi connectivity index (χ1n) is 5.93. The van der Waals surface area contributed by atoms with Crippen LogP contribution in [0.2, 0.25) is 0 Å². The van der Waals surface area contributed by atoms with E-state index in [1.807, 2.05) is 0 Å². The average molecular weight is 368 g/mol. The molecular weight excluding hydrogens is 357 g/mol. The molecule has 0 aliphatic heterocycles. The van der Waals surface area contributed by atoms with Gasteiger partial charge in [-0.25, -0.2) is 4.39 Å². The van der Waals surface area contributed by atoms with Gasteiger partial charge in [0.2, 0.25) is 0 Å². The Labute approximate surface area is 134 Å². The second-order valence-corrected chi connectivity index (χ2v) is 5.37. The van der Waals surface area contributed by atoms with E-state index in [1.165, 1.54) is 12.1 Å². The summed E-state index contributed by atoms with van der Waals surface area (Å²) in [7, 11) is 0. The minimum atomic E-state index is -0.331. The van der Waals surface area contributed by atoms with E-state index in [4.69, 9.17) is 12.2 Å². The number of carbonyl (C=O) groups is 1. The Morgan fingerprint density at radius 2 is 1.62 bits per heavy atom. The molecule has 0 aromatic heterocycles. The van der Waals surface area contributed by atoms with E-state index in [1.54, 1.807) is 36.4 Å². The molecule has 4 nitrogen and oxygen atoms in total. The fourth-order valence-electron chi connectivity index (χ4n) is 1.48. The van der Waals surface area contributed by atoms with E-state index < -0.39 is 0 Å². The molecule has 2 rings (SSSR count). The lowest BCUT2D eigenvalue weighted by molar-refractivity contribution is 0.0944. The van der Waals surface area contributed by atoms with Gasteiger partial charge < -0.3 is 5.32 Å². The molecule has 0 atom stereocenters. The number of hydrogen-bond donors (Lipinski definition) is 3. The van der Waals surface area contributed by atoms with Crippen LogP contribution in [0, 0.1) is 5.82 Å². The summed E-state index contributed by atoms with van der Waals surface area (Å²) in [6, 6.07) is 12.6. The number of amides is 1. The number of halogens is 2. The van der Waals surface area contributed by atoms with Crippen molar-refractivity contribution >= 4 is 44.9 Å². The second-order valence-electron chi connectivity index (χ2n) is 4.05. The number of nitrogens with one attached hydrogen (secondary N) is 3. The summed E-state index contributed by atoms with van der Waals surface area (Å²) in [6.45, 7) is 0.